The van der Waals surface area contributed by atoms with Gasteiger partial charge in [-0.05, 0) is 24.8 Å². The molecule has 2 aliphatic heterocycles. The van der Waals surface area contributed by atoms with Gasteiger partial charge in [0.05, 0.1) is 6.20 Å². The first kappa shape index (κ1) is 18.4. The van der Waals surface area contributed by atoms with E-state index < -0.39 is 0 Å². The average molecular weight is 338 g/mol. The number of aryl methyl sites for hydroxylation is 1. The minimum atomic E-state index is -0.250. The fraction of sp³-hybridized carbons (Fsp3) is 0.688. The fourth-order valence-electron chi connectivity index (χ4n) is 3.21. The zero-order valence-electron chi connectivity index (χ0n) is 13.9. The molecule has 1 aromatic heterocycles. The van der Waals surface area contributed by atoms with Crippen LogP contribution in [0.4, 0.5) is 0 Å². The van der Waals surface area contributed by atoms with Crippen LogP contribution in [0.3, 0.4) is 0 Å². The van der Waals surface area contributed by atoms with Crippen LogP contribution in [0.25, 0.3) is 0 Å². The van der Waals surface area contributed by atoms with Gasteiger partial charge in [-0.1, -0.05) is 0 Å². The third kappa shape index (κ3) is 5.61. The Morgan fingerprint density at radius 1 is 1.33 bits per heavy atom. The smallest absolute Gasteiger partial charge is 0.290 e. The van der Waals surface area contributed by atoms with Crippen LogP contribution in [0.1, 0.15) is 24.8 Å². The van der Waals surface area contributed by atoms with Crippen LogP contribution in [0.2, 0.25) is 0 Å². The fourth-order valence-corrected chi connectivity index (χ4v) is 3.21. The number of nitrogens with one attached hydrogen (secondary N) is 1. The predicted molar refractivity (Wildman–Crippen MR) is 87.6 cm³/mol. The molecule has 0 radical (unpaired) electrons. The Morgan fingerprint density at radius 3 is 2.58 bits per heavy atom. The molecule has 24 heavy (non-hydrogen) atoms. The first-order valence-corrected chi connectivity index (χ1v) is 8.39. The Labute approximate surface area is 141 Å². The molecule has 2 fully saturated rings. The maximum absolute atomic E-state index is 12.2. The summed E-state index contributed by atoms with van der Waals surface area (Å²) in [6.45, 7) is 5.25. The molecule has 0 unspecified atom stereocenters. The number of carboxylic acid groups (broad SMARTS) is 1. The van der Waals surface area contributed by atoms with Gasteiger partial charge in [-0.3, -0.25) is 19.6 Å². The van der Waals surface area contributed by atoms with Crippen molar-refractivity contribution in [2.24, 2.45) is 0 Å². The SMILES string of the molecule is O=C(CCc1cn[nH]c1)N1CCN(C2CCOCC2)CC1.O=CO. The van der Waals surface area contributed by atoms with E-state index in [1.807, 2.05) is 11.1 Å². The normalized spacial score (nSPS) is 19.4. The molecule has 0 aliphatic carbocycles. The number of carbonyl (C=O) groups excluding carboxylic acids is 1. The van der Waals surface area contributed by atoms with Crippen molar-refractivity contribution in [3.63, 3.8) is 0 Å². The lowest BCUT2D eigenvalue weighted by Crippen LogP contribution is -2.53. The van der Waals surface area contributed by atoms with Gasteiger partial charge in [0.15, 0.2) is 0 Å². The summed E-state index contributed by atoms with van der Waals surface area (Å²) in [5, 5.41) is 13.6. The molecular formula is C16H26N4O4. The van der Waals surface area contributed by atoms with E-state index in [4.69, 9.17) is 14.6 Å². The van der Waals surface area contributed by atoms with Gasteiger partial charge >= 0.3 is 0 Å². The maximum Gasteiger partial charge on any atom is 0.290 e. The van der Waals surface area contributed by atoms with E-state index in [1.165, 1.54) is 0 Å². The number of carbonyl (C=O) groups is 2. The van der Waals surface area contributed by atoms with Gasteiger partial charge in [0.2, 0.25) is 5.91 Å². The minimum Gasteiger partial charge on any atom is -0.483 e. The molecular weight excluding hydrogens is 312 g/mol. The Bertz CT molecular complexity index is 480. The van der Waals surface area contributed by atoms with Crippen molar-refractivity contribution in [3.05, 3.63) is 18.0 Å². The summed E-state index contributed by atoms with van der Waals surface area (Å²) in [5.74, 6) is 0.267. The molecule has 8 nitrogen and oxygen atoms in total. The van der Waals surface area contributed by atoms with Crippen LogP contribution >= 0.6 is 0 Å². The average Bonchev–Trinajstić information content (AvgIpc) is 3.15. The molecule has 0 saturated carbocycles. The lowest BCUT2D eigenvalue weighted by molar-refractivity contribution is -0.133. The molecule has 8 heteroatoms. The summed E-state index contributed by atoms with van der Waals surface area (Å²) in [7, 11) is 0. The van der Waals surface area contributed by atoms with Crippen molar-refractivity contribution in [2.75, 3.05) is 39.4 Å². The van der Waals surface area contributed by atoms with Gasteiger partial charge in [-0.2, -0.15) is 5.10 Å². The molecule has 0 atom stereocenters. The van der Waals surface area contributed by atoms with Crippen LogP contribution in [0.5, 0.6) is 0 Å². The molecule has 0 spiro atoms. The zero-order valence-corrected chi connectivity index (χ0v) is 13.9. The lowest BCUT2D eigenvalue weighted by atomic mass is 10.1. The Hall–Kier alpha value is -1.93. The summed E-state index contributed by atoms with van der Waals surface area (Å²) in [6.07, 6.45) is 7.27. The van der Waals surface area contributed by atoms with E-state index in [0.717, 1.165) is 64.2 Å². The molecule has 3 heterocycles. The van der Waals surface area contributed by atoms with Gasteiger partial charge in [0.1, 0.15) is 0 Å². The van der Waals surface area contributed by atoms with Crippen LogP contribution in [-0.4, -0.2) is 82.9 Å². The maximum atomic E-state index is 12.2. The second-order valence-corrected chi connectivity index (χ2v) is 5.97. The highest BCUT2D eigenvalue weighted by Gasteiger charge is 2.26. The lowest BCUT2D eigenvalue weighted by Gasteiger charge is -2.40. The molecule has 0 bridgehead atoms. The number of hydrogen-bond donors (Lipinski definition) is 2. The monoisotopic (exact) mass is 338 g/mol. The van der Waals surface area contributed by atoms with Crippen LogP contribution in [-0.2, 0) is 20.7 Å². The molecule has 3 rings (SSSR count). The van der Waals surface area contributed by atoms with E-state index in [2.05, 4.69) is 15.1 Å². The number of hydrogen-bond acceptors (Lipinski definition) is 5. The second kappa shape index (κ2) is 10.0. The molecule has 1 amide bonds. The Balaban J connectivity index is 0.000000647. The molecule has 0 aromatic carbocycles. The van der Waals surface area contributed by atoms with E-state index in [9.17, 15) is 4.79 Å². The summed E-state index contributed by atoms with van der Waals surface area (Å²) >= 11 is 0. The largest absolute Gasteiger partial charge is 0.483 e. The first-order valence-electron chi connectivity index (χ1n) is 8.39. The number of nitrogens with zero attached hydrogens (tertiary/aromatic N) is 3. The highest BCUT2D eigenvalue weighted by molar-refractivity contribution is 5.76. The van der Waals surface area contributed by atoms with Gasteiger partial charge in [-0.15, -0.1) is 0 Å². The molecule has 2 N–H and O–H groups in total. The number of aromatic amines is 1. The number of rotatable bonds is 4. The Kier molecular flexibility index (Phi) is 7.70. The summed E-state index contributed by atoms with van der Waals surface area (Å²) in [5.41, 5.74) is 1.10. The van der Waals surface area contributed by atoms with Gasteiger partial charge in [0, 0.05) is 58.1 Å². The number of aromatic nitrogens is 2. The van der Waals surface area contributed by atoms with Crippen molar-refractivity contribution in [1.29, 1.82) is 0 Å². The number of ether oxygens (including phenoxy) is 1. The van der Waals surface area contributed by atoms with Gasteiger partial charge in [-0.25, -0.2) is 0 Å². The highest BCUT2D eigenvalue weighted by Crippen LogP contribution is 2.17. The molecule has 1 aromatic rings. The van der Waals surface area contributed by atoms with Crippen LogP contribution < -0.4 is 0 Å². The van der Waals surface area contributed by atoms with Crippen LogP contribution in [0, 0.1) is 0 Å². The van der Waals surface area contributed by atoms with Crippen molar-refractivity contribution in [2.45, 2.75) is 31.7 Å². The quantitative estimate of drug-likeness (QED) is 0.770. The van der Waals surface area contributed by atoms with Gasteiger partial charge in [0.25, 0.3) is 6.47 Å². The third-order valence-corrected chi connectivity index (χ3v) is 4.56. The van der Waals surface area contributed by atoms with Crippen molar-refractivity contribution < 1.29 is 19.4 Å². The van der Waals surface area contributed by atoms with Crippen molar-refractivity contribution in [1.82, 2.24) is 20.0 Å². The molecule has 134 valence electrons. The number of amides is 1. The van der Waals surface area contributed by atoms with Crippen molar-refractivity contribution in [3.8, 4) is 0 Å². The summed E-state index contributed by atoms with van der Waals surface area (Å²) in [4.78, 5) is 25.1. The van der Waals surface area contributed by atoms with E-state index in [0.29, 0.717) is 12.5 Å². The van der Waals surface area contributed by atoms with Crippen molar-refractivity contribution >= 4 is 12.4 Å². The first-order chi connectivity index (χ1) is 11.7. The van der Waals surface area contributed by atoms with E-state index in [1.54, 1.807) is 6.20 Å². The second-order valence-electron chi connectivity index (χ2n) is 5.97. The number of piperazine rings is 1. The topological polar surface area (TPSA) is 98.8 Å². The summed E-state index contributed by atoms with van der Waals surface area (Å²) in [6, 6.07) is 0.655. The molecule has 2 aliphatic rings. The van der Waals surface area contributed by atoms with Crippen LogP contribution in [0.15, 0.2) is 12.4 Å². The highest BCUT2D eigenvalue weighted by atomic mass is 16.5. The van der Waals surface area contributed by atoms with Gasteiger partial charge < -0.3 is 14.7 Å². The third-order valence-electron chi connectivity index (χ3n) is 4.56. The molecule has 2 saturated heterocycles. The minimum absolute atomic E-state index is 0.250. The van der Waals surface area contributed by atoms with E-state index >= 15 is 0 Å². The standard InChI is InChI=1S/C15H24N4O2.CH2O2/c20-15(2-1-13-11-16-17-12-13)19-7-5-18(6-8-19)14-3-9-21-10-4-14;2-1-3/h11-12,14H,1-10H2,(H,16,17);1H,(H,2,3). The Morgan fingerprint density at radius 2 is 2.00 bits per heavy atom. The number of H-pyrrole nitrogens is 1. The van der Waals surface area contributed by atoms with E-state index in [-0.39, 0.29) is 12.4 Å². The predicted octanol–water partition coefficient (Wildman–Crippen LogP) is 0.366. The zero-order chi connectivity index (χ0) is 17.2. The summed E-state index contributed by atoms with van der Waals surface area (Å²) < 4.78 is 5.42.